The van der Waals surface area contributed by atoms with Crippen LogP contribution in [0.1, 0.15) is 34.1 Å². The van der Waals surface area contributed by atoms with Crippen LogP contribution in [-0.2, 0) is 14.8 Å². The van der Waals surface area contributed by atoms with E-state index >= 15 is 0 Å². The number of nitro groups is 1. The third kappa shape index (κ3) is 4.87. The molecule has 1 fully saturated rings. The van der Waals surface area contributed by atoms with Crippen molar-refractivity contribution in [2.45, 2.75) is 39.0 Å². The van der Waals surface area contributed by atoms with Gasteiger partial charge in [0.15, 0.2) is 0 Å². The Kier molecular flexibility index (Phi) is 7.59. The molecule has 0 bridgehead atoms. The number of benzene rings is 1. The Labute approximate surface area is 172 Å². The Morgan fingerprint density at radius 2 is 1.76 bits per heavy atom. The van der Waals surface area contributed by atoms with Crippen LogP contribution in [0.5, 0.6) is 0 Å². The molecule has 0 N–H and O–H groups in total. The summed E-state index contributed by atoms with van der Waals surface area (Å²) in [7, 11) is -3.78. The summed E-state index contributed by atoms with van der Waals surface area (Å²) < 4.78 is 26.7. The van der Waals surface area contributed by atoms with Gasteiger partial charge in [0.2, 0.25) is 15.9 Å². The smallest absolute Gasteiger partial charge is 0.293 e. The Morgan fingerprint density at radius 3 is 2.24 bits per heavy atom. The molecule has 1 amide bonds. The topological polar surface area (TPSA) is 104 Å². The molecule has 29 heavy (non-hydrogen) atoms. The minimum absolute atomic E-state index is 0.0412. The minimum Gasteiger partial charge on any atom is -0.362 e. The van der Waals surface area contributed by atoms with Crippen molar-refractivity contribution in [3.8, 4) is 0 Å². The molecule has 1 saturated heterocycles. The fraction of sp³-hybridized carbons (Fsp3) is 0.632. The van der Waals surface area contributed by atoms with Gasteiger partial charge in [-0.3, -0.25) is 14.9 Å². The Hall–Kier alpha value is -2.20. The van der Waals surface area contributed by atoms with E-state index in [1.54, 1.807) is 18.7 Å². The molecular formula is C19H30N4O5S. The van der Waals surface area contributed by atoms with Gasteiger partial charge in [0.05, 0.1) is 9.82 Å². The van der Waals surface area contributed by atoms with Crippen molar-refractivity contribution in [2.75, 3.05) is 44.2 Å². The number of carbonyl (C=O) groups excluding carboxylic acids is 1. The molecule has 0 spiro atoms. The van der Waals surface area contributed by atoms with Crippen molar-refractivity contribution in [1.82, 2.24) is 9.21 Å². The summed E-state index contributed by atoms with van der Waals surface area (Å²) in [4.78, 5) is 27.0. The molecule has 0 unspecified atom stereocenters. The Bertz CT molecular complexity index is 846. The molecule has 1 heterocycles. The summed E-state index contributed by atoms with van der Waals surface area (Å²) in [6.07, 6.45) is 0.771. The average Bonchev–Trinajstić information content (AvgIpc) is 2.72. The standard InChI is InChI=1S/C19H30N4O5S/c1-5-15(4)19(24)21-12-10-20(11-13-21)17-9-8-16(14-18(17)23(25)26)29(27,28)22(6-2)7-3/h8-9,14-15H,5-7,10-13H2,1-4H3/t15-/m0/s1. The molecule has 1 aromatic carbocycles. The number of hydrogen-bond donors (Lipinski definition) is 0. The van der Waals surface area contributed by atoms with Crippen molar-refractivity contribution in [2.24, 2.45) is 5.92 Å². The molecule has 162 valence electrons. The number of rotatable bonds is 8. The zero-order valence-corrected chi connectivity index (χ0v) is 18.3. The second-order valence-corrected chi connectivity index (χ2v) is 9.06. The van der Waals surface area contributed by atoms with Crippen LogP contribution in [0.4, 0.5) is 11.4 Å². The Balaban J connectivity index is 2.27. The molecule has 10 heteroatoms. The molecular weight excluding hydrogens is 396 g/mol. The first-order valence-electron chi connectivity index (χ1n) is 9.99. The molecule has 9 nitrogen and oxygen atoms in total. The maximum Gasteiger partial charge on any atom is 0.293 e. The van der Waals surface area contributed by atoms with Gasteiger partial charge in [0.25, 0.3) is 5.69 Å². The summed E-state index contributed by atoms with van der Waals surface area (Å²) in [5.74, 6) is 0.0581. The third-order valence-electron chi connectivity index (χ3n) is 5.45. The van der Waals surface area contributed by atoms with Crippen molar-refractivity contribution < 1.29 is 18.1 Å². The van der Waals surface area contributed by atoms with Gasteiger partial charge in [0, 0.05) is 51.3 Å². The van der Waals surface area contributed by atoms with Gasteiger partial charge < -0.3 is 9.80 Å². The number of anilines is 1. The van der Waals surface area contributed by atoms with Crippen LogP contribution in [0.3, 0.4) is 0 Å². The molecule has 0 radical (unpaired) electrons. The molecule has 1 aliphatic heterocycles. The van der Waals surface area contributed by atoms with E-state index in [9.17, 15) is 23.3 Å². The predicted molar refractivity (Wildman–Crippen MR) is 111 cm³/mol. The van der Waals surface area contributed by atoms with Gasteiger partial charge in [-0.05, 0) is 18.6 Å². The quantitative estimate of drug-likeness (QED) is 0.467. The zero-order valence-electron chi connectivity index (χ0n) is 17.5. The van der Waals surface area contributed by atoms with Crippen LogP contribution >= 0.6 is 0 Å². The fourth-order valence-corrected chi connectivity index (χ4v) is 4.92. The number of piperazine rings is 1. The number of sulfonamides is 1. The van der Waals surface area contributed by atoms with Gasteiger partial charge in [-0.15, -0.1) is 0 Å². The predicted octanol–water partition coefficient (Wildman–Crippen LogP) is 2.32. The molecule has 0 aliphatic carbocycles. The zero-order chi connectivity index (χ0) is 21.8. The number of hydrogen-bond acceptors (Lipinski definition) is 6. The van der Waals surface area contributed by atoms with Crippen molar-refractivity contribution in [3.63, 3.8) is 0 Å². The van der Waals surface area contributed by atoms with Crippen LogP contribution in [0, 0.1) is 16.0 Å². The van der Waals surface area contributed by atoms with E-state index in [4.69, 9.17) is 0 Å². The van der Waals surface area contributed by atoms with Crippen LogP contribution in [-0.4, -0.2) is 67.7 Å². The van der Waals surface area contributed by atoms with E-state index in [0.717, 1.165) is 12.5 Å². The molecule has 1 atom stereocenters. The highest BCUT2D eigenvalue weighted by molar-refractivity contribution is 7.89. The minimum atomic E-state index is -3.78. The lowest BCUT2D eigenvalue weighted by atomic mass is 10.1. The van der Waals surface area contributed by atoms with Crippen molar-refractivity contribution in [3.05, 3.63) is 28.3 Å². The summed E-state index contributed by atoms with van der Waals surface area (Å²) in [6.45, 7) is 9.80. The highest BCUT2D eigenvalue weighted by atomic mass is 32.2. The van der Waals surface area contributed by atoms with E-state index in [-0.39, 0.29) is 22.4 Å². The van der Waals surface area contributed by atoms with Gasteiger partial charge >= 0.3 is 0 Å². The monoisotopic (exact) mass is 426 g/mol. The summed E-state index contributed by atoms with van der Waals surface area (Å²) >= 11 is 0. The highest BCUT2D eigenvalue weighted by Gasteiger charge is 2.30. The van der Waals surface area contributed by atoms with Crippen molar-refractivity contribution >= 4 is 27.3 Å². The lowest BCUT2D eigenvalue weighted by molar-refractivity contribution is -0.384. The Morgan fingerprint density at radius 1 is 1.17 bits per heavy atom. The number of amides is 1. The first-order valence-corrected chi connectivity index (χ1v) is 11.4. The number of carbonyl (C=O) groups is 1. The van der Waals surface area contributed by atoms with E-state index in [1.165, 1.54) is 16.4 Å². The van der Waals surface area contributed by atoms with Gasteiger partial charge in [-0.25, -0.2) is 8.42 Å². The lowest BCUT2D eigenvalue weighted by Crippen LogP contribution is -2.50. The van der Waals surface area contributed by atoms with Crippen molar-refractivity contribution in [1.29, 1.82) is 0 Å². The van der Waals surface area contributed by atoms with Gasteiger partial charge in [-0.2, -0.15) is 4.31 Å². The summed E-state index contributed by atoms with van der Waals surface area (Å²) in [5.41, 5.74) is 0.143. The molecule has 2 rings (SSSR count). The first kappa shape index (κ1) is 23.1. The summed E-state index contributed by atoms with van der Waals surface area (Å²) in [6, 6.07) is 4.06. The van der Waals surface area contributed by atoms with Gasteiger partial charge in [0.1, 0.15) is 5.69 Å². The maximum atomic E-state index is 12.7. The van der Waals surface area contributed by atoms with Crippen LogP contribution in [0.2, 0.25) is 0 Å². The van der Waals surface area contributed by atoms with Crippen LogP contribution < -0.4 is 4.90 Å². The molecule has 0 saturated carbocycles. The van der Waals surface area contributed by atoms with E-state index in [0.29, 0.717) is 45.0 Å². The van der Waals surface area contributed by atoms with E-state index in [2.05, 4.69) is 0 Å². The van der Waals surface area contributed by atoms with E-state index < -0.39 is 14.9 Å². The molecule has 1 aliphatic rings. The second kappa shape index (κ2) is 9.53. The second-order valence-electron chi connectivity index (χ2n) is 7.12. The number of nitrogens with zero attached hydrogens (tertiary/aromatic N) is 4. The lowest BCUT2D eigenvalue weighted by Gasteiger charge is -2.37. The fourth-order valence-electron chi connectivity index (χ4n) is 3.44. The average molecular weight is 427 g/mol. The molecule has 0 aromatic heterocycles. The third-order valence-corrected chi connectivity index (χ3v) is 7.50. The van der Waals surface area contributed by atoms with Crippen LogP contribution in [0.25, 0.3) is 0 Å². The first-order chi connectivity index (χ1) is 13.7. The van der Waals surface area contributed by atoms with Crippen LogP contribution in [0.15, 0.2) is 23.1 Å². The normalized spacial score (nSPS) is 16.2. The van der Waals surface area contributed by atoms with Gasteiger partial charge in [-0.1, -0.05) is 27.7 Å². The highest BCUT2D eigenvalue weighted by Crippen LogP contribution is 2.32. The van der Waals surface area contributed by atoms with E-state index in [1.807, 2.05) is 18.7 Å². The summed E-state index contributed by atoms with van der Waals surface area (Å²) in [5, 5.41) is 11.7. The number of nitro benzene ring substituents is 1. The molecule has 1 aromatic rings. The maximum absolute atomic E-state index is 12.7. The largest absolute Gasteiger partial charge is 0.362 e. The SMILES string of the molecule is CC[C@H](C)C(=O)N1CCN(c2ccc(S(=O)(=O)N(CC)CC)cc2[N+](=O)[O-])CC1.